The number of hydrogen-bond donors (Lipinski definition) is 0. The first kappa shape index (κ1) is 15.3. The lowest BCUT2D eigenvalue weighted by Gasteiger charge is -2.38. The number of halogens is 1. The lowest BCUT2D eigenvalue weighted by molar-refractivity contribution is -0.0206. The minimum absolute atomic E-state index is 0.0800. The van der Waals surface area contributed by atoms with Gasteiger partial charge in [-0.2, -0.15) is 5.10 Å². The maximum absolute atomic E-state index is 6.19. The zero-order valence-electron chi connectivity index (χ0n) is 13.7. The Balaban J connectivity index is 1.74. The van der Waals surface area contributed by atoms with Crippen molar-refractivity contribution in [2.45, 2.75) is 32.0 Å². The van der Waals surface area contributed by atoms with Crippen molar-refractivity contribution in [2.24, 2.45) is 5.10 Å². The van der Waals surface area contributed by atoms with Gasteiger partial charge in [-0.15, -0.1) is 0 Å². The molecule has 0 unspecified atom stereocenters. The van der Waals surface area contributed by atoms with Crippen LogP contribution in [0.15, 0.2) is 47.6 Å². The Morgan fingerprint density at radius 2 is 2.04 bits per heavy atom. The Bertz CT molecular complexity index is 788. The molecular formula is C19H19ClN2O2. The van der Waals surface area contributed by atoms with Gasteiger partial charge in [-0.3, -0.25) is 5.01 Å². The van der Waals surface area contributed by atoms with Crippen molar-refractivity contribution in [3.8, 4) is 11.5 Å². The fourth-order valence-corrected chi connectivity index (χ4v) is 3.53. The Labute approximate surface area is 146 Å². The van der Waals surface area contributed by atoms with Crippen LogP contribution in [0.1, 0.15) is 36.9 Å². The second kappa shape index (κ2) is 6.02. The summed E-state index contributed by atoms with van der Waals surface area (Å²) >= 11 is 6.00. The lowest BCUT2D eigenvalue weighted by Crippen LogP contribution is -2.39. The zero-order valence-corrected chi connectivity index (χ0v) is 14.5. The normalized spacial score (nSPS) is 21.6. The molecular weight excluding hydrogens is 324 g/mol. The van der Waals surface area contributed by atoms with Crippen LogP contribution in [-0.4, -0.2) is 24.1 Å². The Morgan fingerprint density at radius 3 is 2.75 bits per heavy atom. The molecule has 24 heavy (non-hydrogen) atoms. The first-order valence-corrected chi connectivity index (χ1v) is 8.54. The van der Waals surface area contributed by atoms with Gasteiger partial charge in [-0.1, -0.05) is 42.8 Å². The summed E-state index contributed by atoms with van der Waals surface area (Å²) in [4.78, 5) is 0. The van der Waals surface area contributed by atoms with E-state index in [4.69, 9.17) is 26.2 Å². The summed E-state index contributed by atoms with van der Waals surface area (Å²) in [6.07, 6.45) is 1.62. The number of para-hydroxylation sites is 1. The number of fused-ring (bicyclic) bond motifs is 3. The van der Waals surface area contributed by atoms with Crippen LogP contribution in [0.3, 0.4) is 0 Å². The summed E-state index contributed by atoms with van der Waals surface area (Å²) in [6.45, 7) is 2.11. The highest BCUT2D eigenvalue weighted by atomic mass is 35.5. The van der Waals surface area contributed by atoms with E-state index in [0.717, 1.165) is 46.2 Å². The van der Waals surface area contributed by atoms with Crippen LogP contribution >= 0.6 is 11.6 Å². The van der Waals surface area contributed by atoms with Crippen LogP contribution in [0.5, 0.6) is 11.5 Å². The fourth-order valence-electron chi connectivity index (χ4n) is 3.40. The van der Waals surface area contributed by atoms with Crippen molar-refractivity contribution >= 4 is 17.3 Å². The number of ether oxygens (including phenoxy) is 2. The molecule has 5 heteroatoms. The Kier molecular flexibility index (Phi) is 3.85. The van der Waals surface area contributed by atoms with E-state index in [2.05, 4.69) is 18.0 Å². The van der Waals surface area contributed by atoms with Gasteiger partial charge in [0.05, 0.1) is 18.9 Å². The van der Waals surface area contributed by atoms with Gasteiger partial charge < -0.3 is 9.47 Å². The topological polar surface area (TPSA) is 34.1 Å². The van der Waals surface area contributed by atoms with E-state index < -0.39 is 0 Å². The van der Waals surface area contributed by atoms with Crippen molar-refractivity contribution in [1.82, 2.24) is 5.01 Å². The molecule has 2 aliphatic rings. The number of rotatable bonds is 3. The van der Waals surface area contributed by atoms with Crippen molar-refractivity contribution in [1.29, 1.82) is 0 Å². The van der Waals surface area contributed by atoms with Crippen LogP contribution in [-0.2, 0) is 0 Å². The summed E-state index contributed by atoms with van der Waals surface area (Å²) in [5.41, 5.74) is 3.30. The summed E-state index contributed by atoms with van der Waals surface area (Å²) in [5, 5.41) is 7.68. The molecule has 0 fully saturated rings. The van der Waals surface area contributed by atoms with Gasteiger partial charge in [0.15, 0.2) is 17.7 Å². The van der Waals surface area contributed by atoms with Crippen molar-refractivity contribution in [3.05, 3.63) is 58.6 Å². The smallest absolute Gasteiger partial charge is 0.187 e. The number of benzene rings is 2. The number of nitrogens with zero attached hydrogens (tertiary/aromatic N) is 2. The van der Waals surface area contributed by atoms with Gasteiger partial charge in [-0.25, -0.2) is 0 Å². The number of methoxy groups -OCH3 is 1. The van der Waals surface area contributed by atoms with Crippen LogP contribution in [0, 0.1) is 0 Å². The van der Waals surface area contributed by atoms with Gasteiger partial charge in [0.2, 0.25) is 0 Å². The highest BCUT2D eigenvalue weighted by Gasteiger charge is 2.40. The molecule has 2 aliphatic heterocycles. The lowest BCUT2D eigenvalue weighted by atomic mass is 9.96. The van der Waals surface area contributed by atoms with E-state index in [1.807, 2.05) is 36.4 Å². The Morgan fingerprint density at radius 1 is 1.25 bits per heavy atom. The van der Waals surface area contributed by atoms with Gasteiger partial charge in [0, 0.05) is 23.4 Å². The molecule has 0 radical (unpaired) electrons. The maximum Gasteiger partial charge on any atom is 0.187 e. The van der Waals surface area contributed by atoms with Crippen LogP contribution in [0.25, 0.3) is 0 Å². The molecule has 0 aromatic heterocycles. The maximum atomic E-state index is 6.19. The summed E-state index contributed by atoms with van der Waals surface area (Å²) in [7, 11) is 1.68. The van der Waals surface area contributed by atoms with Gasteiger partial charge in [-0.05, 0) is 23.8 Å². The summed E-state index contributed by atoms with van der Waals surface area (Å²) in [6, 6.07) is 14.1. The summed E-state index contributed by atoms with van der Waals surface area (Å²) in [5.74, 6) is 1.63. The van der Waals surface area contributed by atoms with E-state index in [0.29, 0.717) is 0 Å². The van der Waals surface area contributed by atoms with Crippen LogP contribution in [0.4, 0.5) is 0 Å². The van der Waals surface area contributed by atoms with E-state index in [1.54, 1.807) is 7.11 Å². The average molecular weight is 343 g/mol. The molecule has 0 bridgehead atoms. The highest BCUT2D eigenvalue weighted by molar-refractivity contribution is 6.30. The molecule has 4 rings (SSSR count). The Hall–Kier alpha value is -2.20. The molecule has 2 aromatic rings. The first-order chi connectivity index (χ1) is 11.7. The van der Waals surface area contributed by atoms with E-state index in [-0.39, 0.29) is 12.3 Å². The van der Waals surface area contributed by atoms with Gasteiger partial charge >= 0.3 is 0 Å². The predicted octanol–water partition coefficient (Wildman–Crippen LogP) is 4.63. The van der Waals surface area contributed by atoms with E-state index in [1.165, 1.54) is 0 Å². The van der Waals surface area contributed by atoms with E-state index in [9.17, 15) is 0 Å². The molecule has 2 heterocycles. The monoisotopic (exact) mass is 342 g/mol. The second-order valence-corrected chi connectivity index (χ2v) is 6.45. The average Bonchev–Trinajstić information content (AvgIpc) is 3.06. The number of hydrogen-bond acceptors (Lipinski definition) is 4. The molecule has 0 aliphatic carbocycles. The molecule has 124 valence electrons. The minimum atomic E-state index is -0.0800. The van der Waals surface area contributed by atoms with Crippen molar-refractivity contribution < 1.29 is 9.47 Å². The minimum Gasteiger partial charge on any atom is -0.493 e. The fraction of sp³-hybridized carbons (Fsp3) is 0.316. The van der Waals surface area contributed by atoms with Gasteiger partial charge in [0.25, 0.3) is 0 Å². The third kappa shape index (κ3) is 2.42. The summed E-state index contributed by atoms with van der Waals surface area (Å²) < 4.78 is 11.7. The van der Waals surface area contributed by atoms with Gasteiger partial charge in [0.1, 0.15) is 0 Å². The standard InChI is InChI=1S/C19H19ClN2O2/c1-3-18-22-16(14-5-4-6-17(23-2)19(14)24-18)11-15(21-22)12-7-9-13(20)10-8-12/h4-10,16,18H,3,11H2,1-2H3/t16-,18-/m0/s1. The molecule has 0 spiro atoms. The third-order valence-corrected chi connectivity index (χ3v) is 4.86. The van der Waals surface area contributed by atoms with E-state index >= 15 is 0 Å². The van der Waals surface area contributed by atoms with Crippen LogP contribution in [0.2, 0.25) is 5.02 Å². The van der Waals surface area contributed by atoms with Crippen molar-refractivity contribution in [3.63, 3.8) is 0 Å². The third-order valence-electron chi connectivity index (χ3n) is 4.61. The first-order valence-electron chi connectivity index (χ1n) is 8.16. The molecule has 2 aromatic carbocycles. The molecule has 0 saturated heterocycles. The van der Waals surface area contributed by atoms with Crippen molar-refractivity contribution in [2.75, 3.05) is 7.11 Å². The second-order valence-electron chi connectivity index (χ2n) is 6.01. The molecule has 4 nitrogen and oxygen atoms in total. The molecule has 0 N–H and O–H groups in total. The van der Waals surface area contributed by atoms with Crippen LogP contribution < -0.4 is 9.47 Å². The molecule has 0 amide bonds. The molecule has 0 saturated carbocycles. The zero-order chi connectivity index (χ0) is 16.7. The predicted molar refractivity (Wildman–Crippen MR) is 94.9 cm³/mol. The number of hydrazone groups is 1. The largest absolute Gasteiger partial charge is 0.493 e. The quantitative estimate of drug-likeness (QED) is 0.815. The molecule has 2 atom stereocenters. The highest BCUT2D eigenvalue weighted by Crippen LogP contribution is 2.47. The SMILES string of the molecule is CC[C@@H]1Oc2c(OC)cccc2[C@@H]2CC(c3ccc(Cl)cc3)=NN12.